The summed E-state index contributed by atoms with van der Waals surface area (Å²) >= 11 is 0. The van der Waals surface area contributed by atoms with Gasteiger partial charge in [-0.2, -0.15) is 0 Å². The average Bonchev–Trinajstić information content (AvgIpc) is 2.60. The molecule has 0 aromatic rings. The third kappa shape index (κ3) is 1.36. The SMILES string of the molecule is C=C1C(=O)OC2C3=C(C)C(=O)CCC3(C)CCC12. The summed E-state index contributed by atoms with van der Waals surface area (Å²) in [7, 11) is 0. The lowest BCUT2D eigenvalue weighted by atomic mass is 9.60. The molecular formula is C15H18O3. The molecule has 3 atom stereocenters. The van der Waals surface area contributed by atoms with Crippen LogP contribution in [0.5, 0.6) is 0 Å². The summed E-state index contributed by atoms with van der Waals surface area (Å²) in [6, 6.07) is 0. The molecule has 0 aromatic carbocycles. The molecule has 96 valence electrons. The molecule has 1 heterocycles. The molecule has 18 heavy (non-hydrogen) atoms. The predicted molar refractivity (Wildman–Crippen MR) is 66.8 cm³/mol. The van der Waals surface area contributed by atoms with Crippen molar-refractivity contribution in [3.8, 4) is 0 Å². The van der Waals surface area contributed by atoms with Crippen molar-refractivity contribution in [1.29, 1.82) is 0 Å². The number of rotatable bonds is 0. The van der Waals surface area contributed by atoms with Crippen molar-refractivity contribution in [1.82, 2.24) is 0 Å². The third-order valence-corrected chi connectivity index (χ3v) is 4.98. The molecule has 0 radical (unpaired) electrons. The van der Waals surface area contributed by atoms with Crippen LogP contribution in [0.3, 0.4) is 0 Å². The summed E-state index contributed by atoms with van der Waals surface area (Å²) < 4.78 is 5.48. The topological polar surface area (TPSA) is 43.4 Å². The molecule has 3 rings (SSSR count). The van der Waals surface area contributed by atoms with E-state index >= 15 is 0 Å². The number of fused-ring (bicyclic) bond motifs is 3. The molecule has 0 N–H and O–H groups in total. The van der Waals surface area contributed by atoms with Gasteiger partial charge >= 0.3 is 5.97 Å². The maximum absolute atomic E-state index is 11.9. The van der Waals surface area contributed by atoms with Gasteiger partial charge in [-0.1, -0.05) is 13.5 Å². The Labute approximate surface area is 107 Å². The van der Waals surface area contributed by atoms with Gasteiger partial charge < -0.3 is 4.74 Å². The van der Waals surface area contributed by atoms with E-state index in [1.54, 1.807) is 0 Å². The standard InChI is InChI=1S/C15H18O3/c1-8-10-4-6-15(3)7-5-11(16)9(2)12(15)13(10)18-14(8)17/h10,13H,1,4-7H2,2-3H3. The van der Waals surface area contributed by atoms with Gasteiger partial charge in [-0.15, -0.1) is 0 Å². The van der Waals surface area contributed by atoms with Crippen LogP contribution in [0, 0.1) is 11.3 Å². The van der Waals surface area contributed by atoms with Crippen LogP contribution in [0.4, 0.5) is 0 Å². The van der Waals surface area contributed by atoms with Crippen LogP contribution in [0.15, 0.2) is 23.3 Å². The number of hydrogen-bond donors (Lipinski definition) is 0. The molecule has 1 aliphatic heterocycles. The zero-order chi connectivity index (χ0) is 13.1. The van der Waals surface area contributed by atoms with Crippen molar-refractivity contribution < 1.29 is 14.3 Å². The Hall–Kier alpha value is -1.38. The van der Waals surface area contributed by atoms with Crippen LogP contribution in [0.1, 0.15) is 39.5 Å². The van der Waals surface area contributed by atoms with Crippen LogP contribution in [-0.2, 0) is 14.3 Å². The van der Waals surface area contributed by atoms with E-state index in [0.717, 1.165) is 30.4 Å². The van der Waals surface area contributed by atoms with Gasteiger partial charge in [0.1, 0.15) is 6.10 Å². The highest BCUT2D eigenvalue weighted by Gasteiger charge is 2.52. The van der Waals surface area contributed by atoms with E-state index in [1.807, 2.05) is 6.92 Å². The van der Waals surface area contributed by atoms with Crippen LogP contribution in [0.25, 0.3) is 0 Å². The van der Waals surface area contributed by atoms with E-state index in [-0.39, 0.29) is 29.2 Å². The number of hydrogen-bond acceptors (Lipinski definition) is 3. The second-order valence-corrected chi connectivity index (χ2v) is 6.02. The number of ether oxygens (including phenoxy) is 1. The van der Waals surface area contributed by atoms with E-state index in [9.17, 15) is 9.59 Å². The van der Waals surface area contributed by atoms with Gasteiger partial charge in [0.25, 0.3) is 0 Å². The van der Waals surface area contributed by atoms with Crippen molar-refractivity contribution in [3.63, 3.8) is 0 Å². The Morgan fingerprint density at radius 2 is 2.06 bits per heavy atom. The summed E-state index contributed by atoms with van der Waals surface area (Å²) in [5.74, 6) is 0.00526. The molecule has 0 spiro atoms. The highest BCUT2D eigenvalue weighted by molar-refractivity contribution is 5.98. The van der Waals surface area contributed by atoms with Gasteiger partial charge in [0.15, 0.2) is 5.78 Å². The number of carbonyl (C=O) groups excluding carboxylic acids is 2. The maximum Gasteiger partial charge on any atom is 0.334 e. The van der Waals surface area contributed by atoms with Crippen LogP contribution >= 0.6 is 0 Å². The van der Waals surface area contributed by atoms with E-state index < -0.39 is 0 Å². The molecule has 0 amide bonds. The van der Waals surface area contributed by atoms with Crippen LogP contribution in [0.2, 0.25) is 0 Å². The number of Topliss-reactive ketones (excluding diaryl/α,β-unsaturated/α-hetero) is 1. The Morgan fingerprint density at radius 3 is 2.78 bits per heavy atom. The van der Waals surface area contributed by atoms with E-state index in [2.05, 4.69) is 13.5 Å². The smallest absolute Gasteiger partial charge is 0.334 e. The van der Waals surface area contributed by atoms with E-state index in [1.165, 1.54) is 0 Å². The molecule has 1 saturated heterocycles. The van der Waals surface area contributed by atoms with E-state index in [0.29, 0.717) is 12.0 Å². The zero-order valence-electron chi connectivity index (χ0n) is 10.9. The Balaban J connectivity index is 2.11. The Morgan fingerprint density at radius 1 is 1.33 bits per heavy atom. The molecule has 0 aromatic heterocycles. The van der Waals surface area contributed by atoms with E-state index in [4.69, 9.17) is 4.74 Å². The summed E-state index contributed by atoms with van der Waals surface area (Å²) in [4.78, 5) is 23.6. The quantitative estimate of drug-likeness (QED) is 0.487. The average molecular weight is 246 g/mol. The molecule has 3 unspecified atom stereocenters. The second-order valence-electron chi connectivity index (χ2n) is 6.02. The summed E-state index contributed by atoms with van der Waals surface area (Å²) in [6.07, 6.45) is 3.23. The lowest BCUT2D eigenvalue weighted by Crippen LogP contribution is -2.41. The predicted octanol–water partition coefficient (Wildman–Crippen LogP) is 2.56. The second kappa shape index (κ2) is 3.56. The van der Waals surface area contributed by atoms with Gasteiger partial charge in [-0.3, -0.25) is 4.79 Å². The molecule has 3 aliphatic rings. The zero-order valence-corrected chi connectivity index (χ0v) is 10.9. The van der Waals surface area contributed by atoms with Gasteiger partial charge in [-0.05, 0) is 42.7 Å². The molecule has 3 nitrogen and oxygen atoms in total. The van der Waals surface area contributed by atoms with Gasteiger partial charge in [-0.25, -0.2) is 4.79 Å². The van der Waals surface area contributed by atoms with Gasteiger partial charge in [0.2, 0.25) is 0 Å². The maximum atomic E-state index is 11.9. The largest absolute Gasteiger partial charge is 0.454 e. The normalized spacial score (nSPS) is 39.6. The van der Waals surface area contributed by atoms with Crippen molar-refractivity contribution in [2.75, 3.05) is 0 Å². The van der Waals surface area contributed by atoms with Crippen molar-refractivity contribution in [2.24, 2.45) is 11.3 Å². The lowest BCUT2D eigenvalue weighted by molar-refractivity contribution is -0.139. The molecule has 3 heteroatoms. The van der Waals surface area contributed by atoms with Crippen LogP contribution < -0.4 is 0 Å². The first-order valence-electron chi connectivity index (χ1n) is 6.58. The van der Waals surface area contributed by atoms with Crippen molar-refractivity contribution >= 4 is 11.8 Å². The fraction of sp³-hybridized carbons (Fsp3) is 0.600. The number of esters is 1. The minimum absolute atomic E-state index is 0.0318. The fourth-order valence-corrected chi connectivity index (χ4v) is 3.80. The van der Waals surface area contributed by atoms with Crippen LogP contribution in [-0.4, -0.2) is 17.9 Å². The van der Waals surface area contributed by atoms with Gasteiger partial charge in [0, 0.05) is 17.9 Å². The molecule has 1 saturated carbocycles. The third-order valence-electron chi connectivity index (χ3n) is 4.98. The minimum atomic E-state index is -0.285. The summed E-state index contributed by atoms with van der Waals surface area (Å²) in [6.45, 7) is 7.92. The first kappa shape index (κ1) is 11.7. The summed E-state index contributed by atoms with van der Waals surface area (Å²) in [5.41, 5.74) is 2.51. The van der Waals surface area contributed by atoms with Gasteiger partial charge in [0.05, 0.1) is 0 Å². The van der Waals surface area contributed by atoms with Crippen molar-refractivity contribution in [3.05, 3.63) is 23.3 Å². The molecule has 2 fully saturated rings. The Kier molecular flexibility index (Phi) is 2.31. The lowest BCUT2D eigenvalue weighted by Gasteiger charge is -2.45. The molecule has 2 aliphatic carbocycles. The van der Waals surface area contributed by atoms with Crippen molar-refractivity contribution in [2.45, 2.75) is 45.6 Å². The monoisotopic (exact) mass is 246 g/mol. The molecular weight excluding hydrogens is 228 g/mol. The number of allylic oxidation sites excluding steroid dienone is 1. The minimum Gasteiger partial charge on any atom is -0.454 e. The summed E-state index contributed by atoms with van der Waals surface area (Å²) in [5, 5.41) is 0. The highest BCUT2D eigenvalue weighted by Crippen LogP contribution is 2.54. The fourth-order valence-electron chi connectivity index (χ4n) is 3.80. The molecule has 0 bridgehead atoms. The number of carbonyl (C=O) groups is 2. The Bertz CT molecular complexity index is 500. The first-order valence-corrected chi connectivity index (χ1v) is 6.58. The highest BCUT2D eigenvalue weighted by atomic mass is 16.6. The number of ketones is 1. The first-order chi connectivity index (χ1) is 8.44.